The number of hydrogen-bond donors (Lipinski definition) is 2. The van der Waals surface area contributed by atoms with Crippen molar-refractivity contribution in [3.8, 4) is 0 Å². The van der Waals surface area contributed by atoms with Crippen LogP contribution in [0.25, 0.3) is 0 Å². The Kier molecular flexibility index (Phi) is 3.14. The molecular weight excluding hydrogens is 254 g/mol. The number of para-hydroxylation sites is 1. The second-order valence-electron chi connectivity index (χ2n) is 5.09. The van der Waals surface area contributed by atoms with E-state index in [4.69, 9.17) is 0 Å². The van der Waals surface area contributed by atoms with Gasteiger partial charge in [-0.3, -0.25) is 4.79 Å². The zero-order valence-corrected chi connectivity index (χ0v) is 11.5. The Bertz CT molecular complexity index is 611. The van der Waals surface area contributed by atoms with Gasteiger partial charge in [-0.25, -0.2) is 0 Å². The predicted octanol–water partition coefficient (Wildman–Crippen LogP) is 1.03. The van der Waals surface area contributed by atoms with Crippen LogP contribution in [0.4, 0.5) is 5.69 Å². The maximum atomic E-state index is 12.3. The SMILES string of the molecule is CC(NC(=O)[C@@H]1Cc2ccccc2N1)c1nncn1C. The monoisotopic (exact) mass is 271 g/mol. The molecule has 6 heteroatoms. The summed E-state index contributed by atoms with van der Waals surface area (Å²) < 4.78 is 1.81. The maximum Gasteiger partial charge on any atom is 0.243 e. The summed E-state index contributed by atoms with van der Waals surface area (Å²) in [5.74, 6) is 0.727. The molecule has 0 saturated heterocycles. The largest absolute Gasteiger partial charge is 0.373 e. The van der Waals surface area contributed by atoms with Gasteiger partial charge in [0.2, 0.25) is 5.91 Å². The maximum absolute atomic E-state index is 12.3. The minimum atomic E-state index is -0.219. The fourth-order valence-corrected chi connectivity index (χ4v) is 2.52. The summed E-state index contributed by atoms with van der Waals surface area (Å²) in [4.78, 5) is 12.3. The highest BCUT2D eigenvalue weighted by Crippen LogP contribution is 2.25. The van der Waals surface area contributed by atoms with Gasteiger partial charge in [0.05, 0.1) is 6.04 Å². The number of aryl methyl sites for hydroxylation is 1. The fraction of sp³-hybridized carbons (Fsp3) is 0.357. The molecule has 20 heavy (non-hydrogen) atoms. The molecule has 0 spiro atoms. The van der Waals surface area contributed by atoms with E-state index in [0.29, 0.717) is 6.42 Å². The van der Waals surface area contributed by atoms with Gasteiger partial charge >= 0.3 is 0 Å². The van der Waals surface area contributed by atoms with Gasteiger partial charge in [-0.05, 0) is 18.6 Å². The number of carbonyl (C=O) groups is 1. The number of anilines is 1. The van der Waals surface area contributed by atoms with Crippen molar-refractivity contribution in [2.45, 2.75) is 25.4 Å². The minimum absolute atomic E-state index is 0.0169. The van der Waals surface area contributed by atoms with Crippen LogP contribution in [-0.2, 0) is 18.3 Å². The van der Waals surface area contributed by atoms with Gasteiger partial charge in [0.25, 0.3) is 0 Å². The molecule has 1 unspecified atom stereocenters. The lowest BCUT2D eigenvalue weighted by atomic mass is 10.1. The highest BCUT2D eigenvalue weighted by Gasteiger charge is 2.27. The van der Waals surface area contributed by atoms with E-state index in [1.165, 1.54) is 5.56 Å². The quantitative estimate of drug-likeness (QED) is 0.874. The van der Waals surface area contributed by atoms with E-state index in [1.54, 1.807) is 6.33 Å². The smallest absolute Gasteiger partial charge is 0.243 e. The van der Waals surface area contributed by atoms with Crippen molar-refractivity contribution in [2.75, 3.05) is 5.32 Å². The van der Waals surface area contributed by atoms with E-state index in [9.17, 15) is 4.79 Å². The molecule has 1 aromatic carbocycles. The normalized spacial score (nSPS) is 18.2. The van der Waals surface area contributed by atoms with Crippen LogP contribution in [0.5, 0.6) is 0 Å². The number of amides is 1. The topological polar surface area (TPSA) is 71.8 Å². The molecule has 2 N–H and O–H groups in total. The van der Waals surface area contributed by atoms with E-state index in [-0.39, 0.29) is 18.0 Å². The highest BCUT2D eigenvalue weighted by atomic mass is 16.2. The molecule has 6 nitrogen and oxygen atoms in total. The molecule has 0 aliphatic carbocycles. The Hall–Kier alpha value is -2.37. The van der Waals surface area contributed by atoms with Crippen LogP contribution < -0.4 is 10.6 Å². The first-order chi connectivity index (χ1) is 9.65. The van der Waals surface area contributed by atoms with Crippen molar-refractivity contribution >= 4 is 11.6 Å². The average Bonchev–Trinajstić information content (AvgIpc) is 3.04. The number of rotatable bonds is 3. The number of fused-ring (bicyclic) bond motifs is 1. The van der Waals surface area contributed by atoms with Gasteiger partial charge < -0.3 is 15.2 Å². The average molecular weight is 271 g/mol. The van der Waals surface area contributed by atoms with Gasteiger partial charge in [-0.1, -0.05) is 18.2 Å². The van der Waals surface area contributed by atoms with E-state index >= 15 is 0 Å². The van der Waals surface area contributed by atoms with Crippen LogP contribution >= 0.6 is 0 Å². The lowest BCUT2D eigenvalue weighted by Crippen LogP contribution is -2.40. The number of nitrogens with one attached hydrogen (secondary N) is 2. The Morgan fingerprint density at radius 2 is 2.30 bits per heavy atom. The zero-order valence-electron chi connectivity index (χ0n) is 11.5. The van der Waals surface area contributed by atoms with Crippen LogP contribution in [0.1, 0.15) is 24.4 Å². The van der Waals surface area contributed by atoms with Gasteiger partial charge in [0.1, 0.15) is 12.4 Å². The lowest BCUT2D eigenvalue weighted by molar-refractivity contribution is -0.122. The molecule has 2 atom stereocenters. The van der Waals surface area contributed by atoms with Gasteiger partial charge in [-0.2, -0.15) is 0 Å². The first-order valence-corrected chi connectivity index (χ1v) is 6.64. The first kappa shape index (κ1) is 12.7. The molecular formula is C14H17N5O. The van der Waals surface area contributed by atoms with Crippen molar-refractivity contribution in [3.05, 3.63) is 42.0 Å². The summed E-state index contributed by atoms with van der Waals surface area (Å²) in [5, 5.41) is 14.1. The van der Waals surface area contributed by atoms with Crippen LogP contribution in [0.3, 0.4) is 0 Å². The molecule has 0 fully saturated rings. The number of aromatic nitrogens is 3. The summed E-state index contributed by atoms with van der Waals surface area (Å²) in [7, 11) is 1.86. The molecule has 1 aliphatic rings. The summed E-state index contributed by atoms with van der Waals surface area (Å²) in [6.07, 6.45) is 2.34. The Labute approximate surface area is 117 Å². The van der Waals surface area contributed by atoms with E-state index in [0.717, 1.165) is 11.5 Å². The lowest BCUT2D eigenvalue weighted by Gasteiger charge is -2.16. The van der Waals surface area contributed by atoms with Crippen molar-refractivity contribution in [1.82, 2.24) is 20.1 Å². The van der Waals surface area contributed by atoms with Crippen molar-refractivity contribution in [1.29, 1.82) is 0 Å². The van der Waals surface area contributed by atoms with E-state index in [1.807, 2.05) is 42.8 Å². The van der Waals surface area contributed by atoms with E-state index < -0.39 is 0 Å². The van der Waals surface area contributed by atoms with Crippen molar-refractivity contribution < 1.29 is 4.79 Å². The number of nitrogens with zero attached hydrogens (tertiary/aromatic N) is 3. The third-order valence-electron chi connectivity index (χ3n) is 3.58. The molecule has 1 aliphatic heterocycles. The summed E-state index contributed by atoms with van der Waals surface area (Å²) in [6.45, 7) is 1.91. The number of carbonyl (C=O) groups excluding carboxylic acids is 1. The first-order valence-electron chi connectivity index (χ1n) is 6.64. The zero-order chi connectivity index (χ0) is 14.1. The van der Waals surface area contributed by atoms with Crippen LogP contribution in [0.15, 0.2) is 30.6 Å². The van der Waals surface area contributed by atoms with E-state index in [2.05, 4.69) is 20.8 Å². The predicted molar refractivity (Wildman–Crippen MR) is 75.1 cm³/mol. The number of hydrogen-bond acceptors (Lipinski definition) is 4. The molecule has 0 bridgehead atoms. The second-order valence-corrected chi connectivity index (χ2v) is 5.09. The highest BCUT2D eigenvalue weighted by molar-refractivity contribution is 5.87. The molecule has 1 aromatic heterocycles. The Morgan fingerprint density at radius 1 is 1.50 bits per heavy atom. The standard InChI is InChI=1S/C14H17N5O/c1-9(13-18-15-8-19(13)2)16-14(20)12-7-10-5-3-4-6-11(10)17-12/h3-6,8-9,12,17H,7H2,1-2H3,(H,16,20)/t9?,12-/m0/s1. The van der Waals surface area contributed by atoms with Gasteiger partial charge in [-0.15, -0.1) is 10.2 Å². The van der Waals surface area contributed by atoms with Crippen LogP contribution in [0, 0.1) is 0 Å². The second kappa shape index (κ2) is 4.96. The summed E-state index contributed by atoms with van der Waals surface area (Å²) in [6, 6.07) is 7.61. The molecule has 0 radical (unpaired) electrons. The molecule has 104 valence electrons. The summed E-state index contributed by atoms with van der Waals surface area (Å²) in [5.41, 5.74) is 2.22. The third-order valence-corrected chi connectivity index (χ3v) is 3.58. The molecule has 2 heterocycles. The van der Waals surface area contributed by atoms with Gasteiger partial charge in [0, 0.05) is 19.2 Å². The van der Waals surface area contributed by atoms with Crippen molar-refractivity contribution in [3.63, 3.8) is 0 Å². The third kappa shape index (κ3) is 2.24. The van der Waals surface area contributed by atoms with Gasteiger partial charge in [0.15, 0.2) is 5.82 Å². The van der Waals surface area contributed by atoms with Crippen molar-refractivity contribution in [2.24, 2.45) is 7.05 Å². The molecule has 3 rings (SSSR count). The van der Waals surface area contributed by atoms with Crippen LogP contribution in [-0.4, -0.2) is 26.7 Å². The molecule has 1 amide bonds. The molecule has 0 saturated carbocycles. The number of benzene rings is 1. The Morgan fingerprint density at radius 3 is 3.00 bits per heavy atom. The Balaban J connectivity index is 1.66. The summed E-state index contributed by atoms with van der Waals surface area (Å²) >= 11 is 0. The fourth-order valence-electron chi connectivity index (χ4n) is 2.52. The minimum Gasteiger partial charge on any atom is -0.373 e. The molecule has 2 aromatic rings. The van der Waals surface area contributed by atoms with Crippen LogP contribution in [0.2, 0.25) is 0 Å².